The van der Waals surface area contributed by atoms with E-state index in [4.69, 9.17) is 0 Å². The fourth-order valence-corrected chi connectivity index (χ4v) is 4.18. The fourth-order valence-electron chi connectivity index (χ4n) is 4.18. The maximum Gasteiger partial charge on any atom is 0.258 e. The Kier molecular flexibility index (Phi) is 4.81. The predicted molar refractivity (Wildman–Crippen MR) is 113 cm³/mol. The van der Waals surface area contributed by atoms with Gasteiger partial charge in [-0.05, 0) is 50.3 Å². The minimum atomic E-state index is -2.50. The van der Waals surface area contributed by atoms with Crippen molar-refractivity contribution in [2.24, 2.45) is 0 Å². The van der Waals surface area contributed by atoms with Gasteiger partial charge in [-0.2, -0.15) is 4.98 Å². The van der Waals surface area contributed by atoms with Crippen LogP contribution in [0.1, 0.15) is 32.6 Å². The Bertz CT molecular complexity index is 1220. The first kappa shape index (κ1) is 19.8. The van der Waals surface area contributed by atoms with Crippen LogP contribution in [0.25, 0.3) is 33.2 Å². The van der Waals surface area contributed by atoms with Crippen molar-refractivity contribution in [2.75, 3.05) is 5.32 Å². The molecule has 3 N–H and O–H groups in total. The molecule has 0 saturated heterocycles. The summed E-state index contributed by atoms with van der Waals surface area (Å²) in [6, 6.07) is 5.69. The van der Waals surface area contributed by atoms with Crippen molar-refractivity contribution >= 4 is 28.0 Å². The van der Waals surface area contributed by atoms with E-state index >= 15 is 0 Å². The highest BCUT2D eigenvalue weighted by Gasteiger charge is 2.29. The van der Waals surface area contributed by atoms with Gasteiger partial charge in [0.25, 0.3) is 6.43 Å². The lowest BCUT2D eigenvalue weighted by Crippen LogP contribution is -2.36. The van der Waals surface area contributed by atoms with Gasteiger partial charge in [-0.1, -0.05) is 11.3 Å². The summed E-state index contributed by atoms with van der Waals surface area (Å²) in [4.78, 5) is 12.2. The van der Waals surface area contributed by atoms with Gasteiger partial charge in [-0.25, -0.2) is 18.4 Å². The number of hydrogen-bond donors (Lipinski definition) is 3. The number of nitrogens with zero attached hydrogens (tertiary/aromatic N) is 5. The van der Waals surface area contributed by atoms with E-state index in [1.807, 2.05) is 19.2 Å². The lowest BCUT2D eigenvalue weighted by atomic mass is 9.84. The average molecular weight is 427 g/mol. The molecule has 3 heterocycles. The minimum absolute atomic E-state index is 0.233. The van der Waals surface area contributed by atoms with Crippen molar-refractivity contribution in [1.82, 2.24) is 29.9 Å². The Hall–Kier alpha value is -3.14. The van der Waals surface area contributed by atoms with E-state index < -0.39 is 18.6 Å². The summed E-state index contributed by atoms with van der Waals surface area (Å²) in [5, 5.41) is 22.1. The molecule has 0 bridgehead atoms. The van der Waals surface area contributed by atoms with E-state index in [1.165, 1.54) is 4.68 Å². The van der Waals surface area contributed by atoms with Gasteiger partial charge in [0.05, 0.1) is 11.1 Å². The molecule has 0 atom stereocenters. The molecule has 0 unspecified atom stereocenters. The van der Waals surface area contributed by atoms with Crippen molar-refractivity contribution in [2.45, 2.75) is 57.2 Å². The van der Waals surface area contributed by atoms with E-state index in [-0.39, 0.29) is 6.04 Å². The number of aromatic nitrogens is 6. The summed E-state index contributed by atoms with van der Waals surface area (Å²) in [7, 11) is 0. The fraction of sp³-hybridized carbons (Fsp3) is 0.429. The number of halogens is 2. The molecule has 10 heteroatoms. The first-order chi connectivity index (χ1) is 14.9. The first-order valence-corrected chi connectivity index (χ1v) is 10.3. The van der Waals surface area contributed by atoms with Crippen molar-refractivity contribution in [3.05, 3.63) is 30.6 Å². The number of H-pyrrole nitrogens is 1. The molecule has 1 aromatic carbocycles. The summed E-state index contributed by atoms with van der Waals surface area (Å²) in [6.45, 7) is 1.38. The van der Waals surface area contributed by atoms with Crippen LogP contribution in [0, 0.1) is 0 Å². The molecule has 1 aliphatic carbocycles. The van der Waals surface area contributed by atoms with Crippen LogP contribution < -0.4 is 5.32 Å². The van der Waals surface area contributed by atoms with Crippen molar-refractivity contribution < 1.29 is 13.9 Å². The summed E-state index contributed by atoms with van der Waals surface area (Å²) in [6.07, 6.45) is 4.32. The molecule has 1 fully saturated rings. The molecular formula is C21H23F2N7O. The maximum atomic E-state index is 12.8. The van der Waals surface area contributed by atoms with Gasteiger partial charge < -0.3 is 15.4 Å². The normalized spacial score (nSPS) is 21.9. The second kappa shape index (κ2) is 7.52. The van der Waals surface area contributed by atoms with Gasteiger partial charge in [0.2, 0.25) is 5.95 Å². The molecule has 3 aromatic heterocycles. The third kappa shape index (κ3) is 3.95. The number of rotatable bonds is 5. The minimum Gasteiger partial charge on any atom is -0.390 e. The lowest BCUT2D eigenvalue weighted by Gasteiger charge is -2.33. The van der Waals surface area contributed by atoms with Crippen LogP contribution in [-0.4, -0.2) is 53.1 Å². The number of anilines is 1. The molecule has 162 valence electrons. The van der Waals surface area contributed by atoms with E-state index in [2.05, 4.69) is 30.6 Å². The molecule has 4 aromatic rings. The van der Waals surface area contributed by atoms with Gasteiger partial charge in [0.1, 0.15) is 17.7 Å². The van der Waals surface area contributed by atoms with Crippen LogP contribution in [0.15, 0.2) is 30.6 Å². The monoisotopic (exact) mass is 427 g/mol. The van der Waals surface area contributed by atoms with E-state index in [0.29, 0.717) is 22.6 Å². The van der Waals surface area contributed by atoms with Crippen LogP contribution in [0.2, 0.25) is 0 Å². The van der Waals surface area contributed by atoms with E-state index in [9.17, 15) is 13.9 Å². The van der Waals surface area contributed by atoms with Crippen LogP contribution in [0.5, 0.6) is 0 Å². The third-order valence-corrected chi connectivity index (χ3v) is 5.96. The molecule has 0 amide bonds. The van der Waals surface area contributed by atoms with Crippen molar-refractivity contribution in [1.29, 1.82) is 0 Å². The molecule has 8 nitrogen and oxygen atoms in total. The largest absolute Gasteiger partial charge is 0.390 e. The number of aliphatic hydroxyl groups is 1. The molecule has 0 radical (unpaired) electrons. The van der Waals surface area contributed by atoms with E-state index in [1.54, 1.807) is 18.3 Å². The van der Waals surface area contributed by atoms with Gasteiger partial charge in [-0.3, -0.25) is 0 Å². The Balaban J connectivity index is 1.41. The average Bonchev–Trinajstić information content (AvgIpc) is 3.33. The smallest absolute Gasteiger partial charge is 0.258 e. The zero-order valence-electron chi connectivity index (χ0n) is 17.0. The zero-order chi connectivity index (χ0) is 21.6. The Labute approximate surface area is 176 Å². The quantitative estimate of drug-likeness (QED) is 0.448. The predicted octanol–water partition coefficient (Wildman–Crippen LogP) is 3.74. The molecule has 0 aliphatic heterocycles. The summed E-state index contributed by atoms with van der Waals surface area (Å²) >= 11 is 0. The standard InChI is InChI=1S/C21H23F2N7O/c1-21(31)6-4-13(5-7-21)26-20-25-10-15-14(9-24-19(15)27-20)12-2-3-16-17(8-12)30(29-28-16)11-18(22)23/h2-3,8-10,13,18,31H,4-7,11H2,1H3,(H2,24,25,26,27)/t13-,21+. The van der Waals surface area contributed by atoms with Crippen LogP contribution >= 0.6 is 0 Å². The van der Waals surface area contributed by atoms with Gasteiger partial charge in [-0.15, -0.1) is 5.10 Å². The molecule has 0 spiro atoms. The third-order valence-electron chi connectivity index (χ3n) is 5.96. The highest BCUT2D eigenvalue weighted by Crippen LogP contribution is 2.31. The molecule has 1 aliphatic rings. The molecule has 1 saturated carbocycles. The lowest BCUT2D eigenvalue weighted by molar-refractivity contribution is 0.0195. The molecule has 31 heavy (non-hydrogen) atoms. The Morgan fingerprint density at radius 3 is 2.90 bits per heavy atom. The molecule has 5 rings (SSSR count). The first-order valence-electron chi connectivity index (χ1n) is 10.3. The Morgan fingerprint density at radius 1 is 1.32 bits per heavy atom. The molecular weight excluding hydrogens is 404 g/mol. The van der Waals surface area contributed by atoms with E-state index in [0.717, 1.165) is 42.2 Å². The number of benzene rings is 1. The zero-order valence-corrected chi connectivity index (χ0v) is 17.0. The number of nitrogens with one attached hydrogen (secondary N) is 2. The number of hydrogen-bond acceptors (Lipinski definition) is 6. The van der Waals surface area contributed by atoms with Gasteiger partial charge in [0.15, 0.2) is 0 Å². The Morgan fingerprint density at radius 2 is 2.13 bits per heavy atom. The second-order valence-corrected chi connectivity index (χ2v) is 8.44. The highest BCUT2D eigenvalue weighted by atomic mass is 19.3. The number of fused-ring (bicyclic) bond motifs is 2. The van der Waals surface area contributed by atoms with Crippen molar-refractivity contribution in [3.63, 3.8) is 0 Å². The topological polar surface area (TPSA) is 105 Å². The summed E-state index contributed by atoms with van der Waals surface area (Å²) < 4.78 is 26.9. The SMILES string of the molecule is C[C@]1(O)CC[C@@H](Nc2ncc3c(-c4ccc5nnn(CC(F)F)c5c4)c[nH]c3n2)CC1. The van der Waals surface area contributed by atoms with Crippen LogP contribution in [0.4, 0.5) is 14.7 Å². The maximum absolute atomic E-state index is 12.8. The second-order valence-electron chi connectivity index (χ2n) is 8.44. The van der Waals surface area contributed by atoms with Crippen LogP contribution in [-0.2, 0) is 6.54 Å². The number of alkyl halides is 2. The summed E-state index contributed by atoms with van der Waals surface area (Å²) in [5.74, 6) is 0.544. The van der Waals surface area contributed by atoms with Crippen LogP contribution in [0.3, 0.4) is 0 Å². The van der Waals surface area contributed by atoms with Gasteiger partial charge >= 0.3 is 0 Å². The summed E-state index contributed by atoms with van der Waals surface area (Å²) in [5.41, 5.74) is 2.95. The number of aromatic amines is 1. The highest BCUT2D eigenvalue weighted by molar-refractivity contribution is 5.95. The van der Waals surface area contributed by atoms with Gasteiger partial charge in [0, 0.05) is 29.4 Å². The van der Waals surface area contributed by atoms with Crippen molar-refractivity contribution in [3.8, 4) is 11.1 Å².